The third-order valence-corrected chi connectivity index (χ3v) is 1.84. The van der Waals surface area contributed by atoms with Crippen LogP contribution in [0.5, 0.6) is 5.75 Å². The van der Waals surface area contributed by atoms with E-state index in [-0.39, 0.29) is 16.2 Å². The Hall–Kier alpha value is -0.775. The van der Waals surface area contributed by atoms with Crippen LogP contribution in [0, 0.1) is 5.82 Å². The van der Waals surface area contributed by atoms with Gasteiger partial charge in [-0.05, 0) is 6.07 Å². The average Bonchev–Trinajstić information content (AvgIpc) is 2.07. The predicted molar refractivity (Wildman–Crippen MR) is 47.8 cm³/mol. The molecule has 0 radical (unpaired) electrons. The van der Waals surface area contributed by atoms with Gasteiger partial charge in [-0.25, -0.2) is 4.39 Å². The lowest BCUT2D eigenvalue weighted by Gasteiger charge is -2.06. The molecule has 0 saturated heterocycles. The largest absolute Gasteiger partial charge is 0.495 e. The Bertz CT molecular complexity index is 319. The van der Waals surface area contributed by atoms with Gasteiger partial charge in [0.2, 0.25) is 0 Å². The second-order valence-corrected chi connectivity index (χ2v) is 2.79. The van der Waals surface area contributed by atoms with Gasteiger partial charge >= 0.3 is 7.12 Å². The zero-order valence-corrected chi connectivity index (χ0v) is 7.55. The van der Waals surface area contributed by atoms with E-state index in [0.717, 1.165) is 12.1 Å². The highest BCUT2D eigenvalue weighted by Gasteiger charge is 2.18. The van der Waals surface area contributed by atoms with Crippen molar-refractivity contribution in [3.8, 4) is 5.75 Å². The molecule has 2 N–H and O–H groups in total. The summed E-state index contributed by atoms with van der Waals surface area (Å²) in [7, 11) is -0.529. The van der Waals surface area contributed by atoms with E-state index in [1.807, 2.05) is 0 Å². The van der Waals surface area contributed by atoms with Gasteiger partial charge in [-0.2, -0.15) is 0 Å². The van der Waals surface area contributed by atoms with Crippen LogP contribution in [0.2, 0.25) is 5.02 Å². The third kappa shape index (κ3) is 2.12. The van der Waals surface area contributed by atoms with Crippen molar-refractivity contribution < 1.29 is 19.2 Å². The van der Waals surface area contributed by atoms with Crippen molar-refractivity contribution in [3.63, 3.8) is 0 Å². The van der Waals surface area contributed by atoms with Gasteiger partial charge in [-0.1, -0.05) is 11.6 Å². The topological polar surface area (TPSA) is 49.7 Å². The maximum atomic E-state index is 13.0. The molecule has 0 aromatic heterocycles. The first-order valence-electron chi connectivity index (χ1n) is 3.45. The molecule has 13 heavy (non-hydrogen) atoms. The summed E-state index contributed by atoms with van der Waals surface area (Å²) in [5.41, 5.74) is -0.272. The van der Waals surface area contributed by atoms with Crippen molar-refractivity contribution in [2.24, 2.45) is 0 Å². The van der Waals surface area contributed by atoms with Crippen molar-refractivity contribution >= 4 is 24.2 Å². The van der Waals surface area contributed by atoms with E-state index in [2.05, 4.69) is 0 Å². The predicted octanol–water partition coefficient (Wildman–Crippen LogP) is 0.167. The van der Waals surface area contributed by atoms with Crippen LogP contribution in [0.25, 0.3) is 0 Å². The highest BCUT2D eigenvalue weighted by Crippen LogP contribution is 2.23. The van der Waals surface area contributed by atoms with Crippen LogP contribution >= 0.6 is 11.6 Å². The zero-order chi connectivity index (χ0) is 10.0. The quantitative estimate of drug-likeness (QED) is 0.675. The molecule has 6 heteroatoms. The summed E-state index contributed by atoms with van der Waals surface area (Å²) >= 11 is 5.63. The lowest BCUT2D eigenvalue weighted by molar-refractivity contribution is 0.409. The Kier molecular flexibility index (Phi) is 3.14. The molecule has 0 fully saturated rings. The molecule has 1 aromatic carbocycles. The average molecular weight is 204 g/mol. The van der Waals surface area contributed by atoms with Crippen LogP contribution in [-0.2, 0) is 0 Å². The highest BCUT2D eigenvalue weighted by atomic mass is 35.5. The second-order valence-electron chi connectivity index (χ2n) is 2.38. The molecule has 0 aliphatic rings. The minimum absolute atomic E-state index is 0.131. The Balaban J connectivity index is 3.20. The van der Waals surface area contributed by atoms with Crippen molar-refractivity contribution in [2.75, 3.05) is 7.11 Å². The fourth-order valence-electron chi connectivity index (χ4n) is 0.898. The smallest absolute Gasteiger partial charge is 0.491 e. The fraction of sp³-hybridized carbons (Fsp3) is 0.143. The monoisotopic (exact) mass is 204 g/mol. The number of benzene rings is 1. The normalized spacial score (nSPS) is 9.92. The van der Waals surface area contributed by atoms with Crippen molar-refractivity contribution in [1.29, 1.82) is 0 Å². The van der Waals surface area contributed by atoms with E-state index in [9.17, 15) is 4.39 Å². The third-order valence-electron chi connectivity index (χ3n) is 1.55. The fourth-order valence-corrected chi connectivity index (χ4v) is 1.15. The van der Waals surface area contributed by atoms with Crippen molar-refractivity contribution in [3.05, 3.63) is 23.0 Å². The molecular weight excluding hydrogens is 197 g/mol. The molecule has 3 nitrogen and oxygen atoms in total. The number of hydrogen-bond donors (Lipinski definition) is 2. The molecule has 0 amide bonds. The molecule has 1 rings (SSSR count). The highest BCUT2D eigenvalue weighted by molar-refractivity contribution is 6.59. The first kappa shape index (κ1) is 10.3. The van der Waals surface area contributed by atoms with E-state index in [1.165, 1.54) is 7.11 Å². The molecular formula is C7H7BClFO3. The van der Waals surface area contributed by atoms with Gasteiger partial charge in [0.1, 0.15) is 11.6 Å². The van der Waals surface area contributed by atoms with E-state index in [1.54, 1.807) is 0 Å². The number of methoxy groups -OCH3 is 1. The molecule has 0 bridgehead atoms. The summed E-state index contributed by atoms with van der Waals surface area (Å²) in [6, 6.07) is 2.11. The molecule has 0 atom stereocenters. The van der Waals surface area contributed by atoms with Crippen LogP contribution in [0.1, 0.15) is 0 Å². The maximum absolute atomic E-state index is 13.0. The molecule has 70 valence electrons. The van der Waals surface area contributed by atoms with Crippen LogP contribution in [-0.4, -0.2) is 24.3 Å². The standard InChI is InChI=1S/C7H7BClFO3/c1-13-7-3-6(10)4(8(11)12)2-5(7)9/h2-3,11-12H,1H3. The lowest BCUT2D eigenvalue weighted by atomic mass is 9.80. The number of hydrogen-bond acceptors (Lipinski definition) is 3. The van der Waals surface area contributed by atoms with Gasteiger partial charge in [0.25, 0.3) is 0 Å². The van der Waals surface area contributed by atoms with E-state index in [0.29, 0.717) is 0 Å². The summed E-state index contributed by atoms with van der Waals surface area (Å²) < 4.78 is 17.7. The van der Waals surface area contributed by atoms with Gasteiger partial charge in [-0.3, -0.25) is 0 Å². The van der Waals surface area contributed by atoms with E-state index in [4.69, 9.17) is 26.4 Å². The molecule has 0 heterocycles. The van der Waals surface area contributed by atoms with Crippen LogP contribution in [0.4, 0.5) is 4.39 Å². The van der Waals surface area contributed by atoms with E-state index < -0.39 is 12.9 Å². The molecule has 0 aliphatic carbocycles. The Morgan fingerprint density at radius 3 is 2.54 bits per heavy atom. The number of halogens is 2. The second kappa shape index (κ2) is 3.96. The van der Waals surface area contributed by atoms with Crippen LogP contribution in [0.3, 0.4) is 0 Å². The zero-order valence-electron chi connectivity index (χ0n) is 6.79. The maximum Gasteiger partial charge on any atom is 0.491 e. The summed E-state index contributed by atoms with van der Waals surface area (Å²) in [6.07, 6.45) is 0. The van der Waals surface area contributed by atoms with Gasteiger partial charge in [0, 0.05) is 11.5 Å². The van der Waals surface area contributed by atoms with Gasteiger partial charge in [-0.15, -0.1) is 0 Å². The Morgan fingerprint density at radius 2 is 2.08 bits per heavy atom. The SMILES string of the molecule is COc1cc(F)c(B(O)O)cc1Cl. The summed E-state index contributed by atoms with van der Waals surface area (Å²) in [5, 5.41) is 17.5. The molecule has 0 spiro atoms. The summed E-state index contributed by atoms with van der Waals surface area (Å²) in [5.74, 6) is -0.611. The number of ether oxygens (including phenoxy) is 1. The molecule has 0 unspecified atom stereocenters. The molecule has 0 saturated carbocycles. The lowest BCUT2D eigenvalue weighted by Crippen LogP contribution is -2.32. The minimum atomic E-state index is -1.87. The first-order valence-corrected chi connectivity index (χ1v) is 3.83. The minimum Gasteiger partial charge on any atom is -0.495 e. The van der Waals surface area contributed by atoms with Crippen LogP contribution in [0.15, 0.2) is 12.1 Å². The van der Waals surface area contributed by atoms with Crippen molar-refractivity contribution in [2.45, 2.75) is 0 Å². The number of rotatable bonds is 2. The van der Waals surface area contributed by atoms with E-state index >= 15 is 0 Å². The van der Waals surface area contributed by atoms with Gasteiger partial charge in [0.15, 0.2) is 0 Å². The summed E-state index contributed by atoms with van der Waals surface area (Å²) in [4.78, 5) is 0. The Morgan fingerprint density at radius 1 is 1.46 bits per heavy atom. The molecule has 1 aromatic rings. The Labute approximate surface area is 79.9 Å². The summed E-state index contributed by atoms with van der Waals surface area (Å²) in [6.45, 7) is 0. The van der Waals surface area contributed by atoms with Gasteiger partial charge < -0.3 is 14.8 Å². The first-order chi connectivity index (χ1) is 6.06. The van der Waals surface area contributed by atoms with Gasteiger partial charge in [0.05, 0.1) is 12.1 Å². The van der Waals surface area contributed by atoms with Crippen molar-refractivity contribution in [1.82, 2.24) is 0 Å². The van der Waals surface area contributed by atoms with Crippen LogP contribution < -0.4 is 10.2 Å². The molecule has 0 aliphatic heterocycles.